The number of rotatable bonds is 9. The zero-order chi connectivity index (χ0) is 26.3. The molecule has 2 N–H and O–H groups in total. The molecule has 10 heteroatoms. The highest BCUT2D eigenvalue weighted by atomic mass is 79.9. The molecule has 8 nitrogen and oxygen atoms in total. The number of nitrogens with one attached hydrogen (secondary N) is 2. The number of urea groups is 1. The van der Waals surface area contributed by atoms with Gasteiger partial charge in [0.15, 0.2) is 0 Å². The molecule has 0 heterocycles. The monoisotopic (exact) mass is 573 g/mol. The Morgan fingerprint density at radius 3 is 2.31 bits per heavy atom. The highest BCUT2D eigenvalue weighted by molar-refractivity contribution is 9.10. The molecule has 0 aliphatic carbocycles. The average molecular weight is 574 g/mol. The summed E-state index contributed by atoms with van der Waals surface area (Å²) in [6.45, 7) is 3.80. The minimum Gasteiger partial charge on any atom is -0.497 e. The Kier molecular flexibility index (Phi) is 9.11. The summed E-state index contributed by atoms with van der Waals surface area (Å²) >= 11 is 3.26. The largest absolute Gasteiger partial charge is 0.497 e. The van der Waals surface area contributed by atoms with Crippen molar-refractivity contribution in [3.63, 3.8) is 0 Å². The van der Waals surface area contributed by atoms with Crippen LogP contribution in [0.25, 0.3) is 0 Å². The van der Waals surface area contributed by atoms with Gasteiger partial charge in [0.2, 0.25) is 5.91 Å². The Hall–Kier alpha value is -3.37. The predicted molar refractivity (Wildman–Crippen MR) is 143 cm³/mol. The third-order valence-corrected chi connectivity index (χ3v) is 7.49. The van der Waals surface area contributed by atoms with Crippen LogP contribution in [0, 0.1) is 6.92 Å². The van der Waals surface area contributed by atoms with Crippen molar-refractivity contribution >= 4 is 43.6 Å². The second kappa shape index (κ2) is 12.0. The van der Waals surface area contributed by atoms with E-state index in [2.05, 4.69) is 21.2 Å². The number of amides is 3. The lowest BCUT2D eigenvalue weighted by Crippen LogP contribution is -2.53. The summed E-state index contributed by atoms with van der Waals surface area (Å²) in [4.78, 5) is 28.0. The van der Waals surface area contributed by atoms with Crippen molar-refractivity contribution in [3.05, 3.63) is 88.4 Å². The molecular formula is C26H28BrN3O5S. The minimum atomic E-state index is -4.17. The molecule has 0 fully saturated rings. The van der Waals surface area contributed by atoms with Gasteiger partial charge in [0.1, 0.15) is 11.8 Å². The van der Waals surface area contributed by atoms with Crippen molar-refractivity contribution in [1.82, 2.24) is 10.0 Å². The Labute approximate surface area is 219 Å². The van der Waals surface area contributed by atoms with Crippen molar-refractivity contribution in [3.8, 4) is 5.75 Å². The van der Waals surface area contributed by atoms with Crippen LogP contribution >= 0.6 is 15.9 Å². The number of sulfonamides is 1. The molecule has 0 aliphatic rings. The van der Waals surface area contributed by atoms with E-state index >= 15 is 0 Å². The second-order valence-electron chi connectivity index (χ2n) is 8.01. The number of hydrogen-bond acceptors (Lipinski definition) is 5. The lowest BCUT2D eigenvalue weighted by molar-refractivity contribution is -0.120. The SMILES string of the molecule is CCN(C(=O)[C@H](Cc1ccccc1)NC(=O)NS(=O)(=O)c1cc(Br)ccc1C)c1ccc(OC)cc1. The molecule has 1 atom stereocenters. The first kappa shape index (κ1) is 27.2. The Balaban J connectivity index is 1.86. The maximum absolute atomic E-state index is 13.6. The summed E-state index contributed by atoms with van der Waals surface area (Å²) in [5, 5.41) is 2.58. The molecule has 0 unspecified atom stereocenters. The number of hydrogen-bond donors (Lipinski definition) is 2. The molecule has 0 aliphatic heterocycles. The quantitative estimate of drug-likeness (QED) is 0.394. The predicted octanol–water partition coefficient (Wildman–Crippen LogP) is 4.42. The van der Waals surface area contributed by atoms with Gasteiger partial charge in [0, 0.05) is 23.1 Å². The van der Waals surface area contributed by atoms with E-state index in [1.807, 2.05) is 42.0 Å². The normalized spacial score (nSPS) is 11.9. The molecule has 3 aromatic rings. The van der Waals surface area contributed by atoms with Gasteiger partial charge in [-0.05, 0) is 61.4 Å². The van der Waals surface area contributed by atoms with Gasteiger partial charge in [-0.1, -0.05) is 52.3 Å². The van der Waals surface area contributed by atoms with Crippen LogP contribution in [0.3, 0.4) is 0 Å². The fraction of sp³-hybridized carbons (Fsp3) is 0.231. The van der Waals surface area contributed by atoms with Crippen molar-refractivity contribution < 1.29 is 22.7 Å². The summed E-state index contributed by atoms with van der Waals surface area (Å²) in [7, 11) is -2.62. The maximum Gasteiger partial charge on any atom is 0.329 e. The number of carbonyl (C=O) groups excluding carboxylic acids is 2. The van der Waals surface area contributed by atoms with Crippen molar-refractivity contribution in [2.75, 3.05) is 18.6 Å². The van der Waals surface area contributed by atoms with Gasteiger partial charge in [-0.3, -0.25) is 4.79 Å². The van der Waals surface area contributed by atoms with E-state index in [1.165, 1.54) is 11.0 Å². The van der Waals surface area contributed by atoms with Crippen LogP contribution in [0.15, 0.2) is 82.2 Å². The summed E-state index contributed by atoms with van der Waals surface area (Å²) < 4.78 is 33.6. The maximum atomic E-state index is 13.6. The van der Waals surface area contributed by atoms with Gasteiger partial charge in [-0.15, -0.1) is 0 Å². The Bertz CT molecular complexity index is 1320. The topological polar surface area (TPSA) is 105 Å². The number of aryl methyl sites for hydroxylation is 1. The first-order chi connectivity index (χ1) is 17.1. The van der Waals surface area contributed by atoms with E-state index in [0.717, 1.165) is 5.56 Å². The van der Waals surface area contributed by atoms with Crippen LogP contribution in [-0.2, 0) is 21.2 Å². The molecule has 3 aromatic carbocycles. The zero-order valence-electron chi connectivity index (χ0n) is 20.2. The van der Waals surface area contributed by atoms with E-state index in [1.54, 1.807) is 50.4 Å². The number of halogens is 1. The number of likely N-dealkylation sites (N-methyl/N-ethyl adjacent to an activating group) is 1. The zero-order valence-corrected chi connectivity index (χ0v) is 22.6. The lowest BCUT2D eigenvalue weighted by Gasteiger charge is -2.27. The fourth-order valence-electron chi connectivity index (χ4n) is 3.69. The van der Waals surface area contributed by atoms with Gasteiger partial charge in [0.25, 0.3) is 10.0 Å². The third kappa shape index (κ3) is 6.86. The summed E-state index contributed by atoms with van der Waals surface area (Å²) in [5.41, 5.74) is 1.92. The van der Waals surface area contributed by atoms with Crippen LogP contribution in [-0.4, -0.2) is 40.1 Å². The van der Waals surface area contributed by atoms with Crippen LogP contribution < -0.4 is 19.7 Å². The van der Waals surface area contributed by atoms with E-state index < -0.39 is 22.1 Å². The number of ether oxygens (including phenoxy) is 1. The standard InChI is InChI=1S/C26H28BrN3O5S/c1-4-30(21-12-14-22(35-3)15-13-21)25(31)23(16-19-8-6-5-7-9-19)28-26(32)29-36(33,34)24-17-20(27)11-10-18(24)2/h5-15,17,23H,4,16H2,1-3H3,(H2,28,29,32)/t23-/m0/s1. The van der Waals surface area contributed by atoms with Crippen molar-refractivity contribution in [2.45, 2.75) is 31.2 Å². The van der Waals surface area contributed by atoms with E-state index in [9.17, 15) is 18.0 Å². The molecule has 3 rings (SSSR count). The van der Waals surface area contributed by atoms with Gasteiger partial charge < -0.3 is 15.0 Å². The van der Waals surface area contributed by atoms with E-state index in [4.69, 9.17) is 4.74 Å². The first-order valence-electron chi connectivity index (χ1n) is 11.2. The summed E-state index contributed by atoms with van der Waals surface area (Å²) in [6.07, 6.45) is 0.176. The summed E-state index contributed by atoms with van der Waals surface area (Å²) in [6, 6.07) is 18.9. The second-order valence-corrected chi connectivity index (χ2v) is 10.6. The van der Waals surface area contributed by atoms with Gasteiger partial charge in [0.05, 0.1) is 12.0 Å². The van der Waals surface area contributed by atoms with Crippen LogP contribution in [0.2, 0.25) is 0 Å². The molecule has 0 aromatic heterocycles. The molecule has 3 amide bonds. The number of benzene rings is 3. The number of carbonyl (C=O) groups is 2. The molecule has 0 bridgehead atoms. The molecule has 0 saturated heterocycles. The van der Waals surface area contributed by atoms with Gasteiger partial charge >= 0.3 is 6.03 Å². The molecule has 36 heavy (non-hydrogen) atoms. The summed E-state index contributed by atoms with van der Waals surface area (Å²) in [5.74, 6) is 0.270. The smallest absolute Gasteiger partial charge is 0.329 e. The van der Waals surface area contributed by atoms with Crippen molar-refractivity contribution in [1.29, 1.82) is 0 Å². The van der Waals surface area contributed by atoms with Gasteiger partial charge in [-0.25, -0.2) is 17.9 Å². The number of nitrogens with zero attached hydrogens (tertiary/aromatic N) is 1. The fourth-order valence-corrected chi connectivity index (χ4v) is 5.39. The molecule has 190 valence electrons. The van der Waals surface area contributed by atoms with E-state index in [0.29, 0.717) is 28.0 Å². The van der Waals surface area contributed by atoms with E-state index in [-0.39, 0.29) is 17.2 Å². The number of anilines is 1. The van der Waals surface area contributed by atoms with Crippen molar-refractivity contribution in [2.24, 2.45) is 0 Å². The molecular weight excluding hydrogens is 546 g/mol. The van der Waals surface area contributed by atoms with Crippen LogP contribution in [0.5, 0.6) is 5.75 Å². The highest BCUT2D eigenvalue weighted by Crippen LogP contribution is 2.22. The Morgan fingerprint density at radius 1 is 1.03 bits per heavy atom. The average Bonchev–Trinajstić information content (AvgIpc) is 2.86. The van der Waals surface area contributed by atoms with Crippen LogP contribution in [0.4, 0.5) is 10.5 Å². The van der Waals surface area contributed by atoms with Crippen LogP contribution in [0.1, 0.15) is 18.1 Å². The minimum absolute atomic E-state index is 0.0358. The molecule has 0 radical (unpaired) electrons. The molecule has 0 saturated carbocycles. The first-order valence-corrected chi connectivity index (χ1v) is 13.5. The lowest BCUT2D eigenvalue weighted by atomic mass is 10.0. The highest BCUT2D eigenvalue weighted by Gasteiger charge is 2.29. The number of methoxy groups -OCH3 is 1. The third-order valence-electron chi connectivity index (χ3n) is 5.52. The molecule has 0 spiro atoms. The van der Waals surface area contributed by atoms with Gasteiger partial charge in [-0.2, -0.15) is 0 Å². The Morgan fingerprint density at radius 2 is 1.69 bits per heavy atom.